The van der Waals surface area contributed by atoms with Crippen LogP contribution in [0.25, 0.3) is 21.0 Å². The number of likely N-dealkylation sites (N-methyl/N-ethyl adjacent to an activating group) is 3. The van der Waals surface area contributed by atoms with Crippen LogP contribution in [0, 0.1) is 0 Å². The SMILES string of the molecule is CCCC[C@H]1C(=O)N(C)[C@@H](CCCC)C(=O)N[C@@H](C)C(=O)N[C@H](C(=O)NCC(N)=O)CSCC(=O)N[C@@H](Cc2ccc(O)cc2)C(=O)N(C)[C@@H](C)C(=O)N[C@H](CC(N)=O)C(=O)N2CCC[C@H]2C(=O)N[C@@H](Cc2cnc[nH]2)C(=O)N[C@@H](CCC(N)=O)C(=O)N2C[C@H](O)C[C@H]2C(=O)N[C@@H](Cc2c[nH]c3ccccc23)C(=O)N[C@@H](CO)C(=O)N[C@@H](Cc2csc3ccccc23)C(=O)N1C. The first kappa shape index (κ1) is 102. The van der Waals surface area contributed by atoms with Crippen LogP contribution in [0.4, 0.5) is 0 Å². The number of phenols is 1. The van der Waals surface area contributed by atoms with E-state index < -0.39 is 254 Å². The highest BCUT2D eigenvalue weighted by Crippen LogP contribution is 2.30. The van der Waals surface area contributed by atoms with Gasteiger partial charge in [0.05, 0.1) is 37.8 Å². The fraction of sp³-hybridized carbons (Fsp3) is 0.506. The molecule has 3 aliphatic heterocycles. The third-order valence-corrected chi connectivity index (χ3v) is 25.4. The molecular weight excluding hydrogens is 1740 g/mol. The molecule has 708 valence electrons. The van der Waals surface area contributed by atoms with Crippen molar-refractivity contribution in [3.05, 3.63) is 119 Å². The molecule has 3 aromatic heterocycles. The number of hydrogen-bond acceptors (Lipinski definition) is 24. The molecule has 21 N–H and O–H groups in total. The molecule has 0 bridgehead atoms. The van der Waals surface area contributed by atoms with E-state index in [1.807, 2.05) is 26.0 Å². The fourth-order valence-electron chi connectivity index (χ4n) is 15.9. The number of para-hydroxylation sites is 1. The van der Waals surface area contributed by atoms with Crippen LogP contribution in [-0.4, -0.2) is 311 Å². The van der Waals surface area contributed by atoms with E-state index in [1.165, 1.54) is 83.1 Å². The smallest absolute Gasteiger partial charge is 0.246 e. The molecule has 0 spiro atoms. The first-order chi connectivity index (χ1) is 62.4. The van der Waals surface area contributed by atoms with Gasteiger partial charge in [-0.3, -0.25) is 86.3 Å². The quantitative estimate of drug-likeness (QED) is 0.0300. The molecule has 6 aromatic rings. The maximum Gasteiger partial charge on any atom is 0.246 e. The number of phenolic OH excluding ortho intramolecular Hbond substituents is 1. The monoisotopic (exact) mass is 1860 g/mol. The molecule has 6 heterocycles. The minimum atomic E-state index is -1.90. The topological polar surface area (TPSA) is 627 Å². The number of aliphatic hydroxyl groups excluding tert-OH is 2. The molecule has 3 fully saturated rings. The van der Waals surface area contributed by atoms with Crippen molar-refractivity contribution >= 4 is 150 Å². The minimum Gasteiger partial charge on any atom is -0.508 e. The summed E-state index contributed by atoms with van der Waals surface area (Å²) in [6.07, 6.45) is 0.927. The van der Waals surface area contributed by atoms with Gasteiger partial charge in [-0.2, -0.15) is 0 Å². The summed E-state index contributed by atoms with van der Waals surface area (Å²) in [4.78, 5) is 276. The standard InChI is InChI=1S/C87H117N21O21S2/c1-8-10-20-65-80(122)95-46(3)74(116)103-64(76(118)93-39-72(90)114)43-130-44-73(115)96-60(31-48-24-26-52(110)27-25-48)83(125)104(5)47(4)75(117)100-62(36-71(89)113)86(128)107-30-16-22-66(107)81(123)99-59(34-51-38-91-45-94-51)78(120)97-57(28-29-70(88)112)85(127)108-40-53(111)35-68(108)82(124)98-58(32-49-37-92-56-19-14-12-17-54(49)56)77(119)102-63(41-109)79(121)101-61(33-50-42-131-69-23-15-13-18-55(50)69)84(126)106(7)67(21-11-9-2)87(129)105(65)6/h12-15,17-19,23-27,37-38,42,45-47,53,57-68,92,109-111H,8-11,16,20-22,28-36,39-41,43-44H2,1-7H3,(H2,88,112)(H2,89,113)(H2,90,114)(H,91,94)(H,93,118)(H,95,122)(H,96,115)(H,97,120)(H,98,124)(H,99,123)(H,100,117)(H,101,121)(H,102,119)(H,103,116)/t46-,47-,53+,57-,58-,59-,60-,61-,62+,63-,64-,65-,66-,67-,68-/m0/s1. The second-order valence-corrected chi connectivity index (χ2v) is 34.9. The molecule has 18 amide bonds. The van der Waals surface area contributed by atoms with Crippen molar-refractivity contribution < 1.29 is 102 Å². The van der Waals surface area contributed by atoms with Gasteiger partial charge in [-0.25, -0.2) is 4.98 Å². The van der Waals surface area contributed by atoms with Crippen LogP contribution >= 0.6 is 23.1 Å². The number of nitrogens with two attached hydrogens (primary N) is 3. The molecule has 3 aromatic carbocycles. The van der Waals surface area contributed by atoms with Crippen molar-refractivity contribution in [1.82, 2.24) is 92.6 Å². The molecule has 44 heteroatoms. The lowest BCUT2D eigenvalue weighted by atomic mass is 10.00. The van der Waals surface area contributed by atoms with Crippen LogP contribution < -0.4 is 70.4 Å². The van der Waals surface area contributed by atoms with Crippen molar-refractivity contribution in [2.45, 2.75) is 221 Å². The van der Waals surface area contributed by atoms with E-state index in [9.17, 15) is 68.1 Å². The number of aromatic hydroxyl groups is 1. The van der Waals surface area contributed by atoms with Gasteiger partial charge in [-0.05, 0) is 97.7 Å². The van der Waals surface area contributed by atoms with Gasteiger partial charge < -0.3 is 120 Å². The highest BCUT2D eigenvalue weighted by Gasteiger charge is 2.47. The van der Waals surface area contributed by atoms with Crippen LogP contribution in [0.5, 0.6) is 5.75 Å². The van der Waals surface area contributed by atoms with E-state index in [0.29, 0.717) is 58.7 Å². The van der Waals surface area contributed by atoms with E-state index in [2.05, 4.69) is 68.1 Å². The number of thiophene rings is 1. The maximum atomic E-state index is 15.6. The first-order valence-electron chi connectivity index (χ1n) is 43.3. The van der Waals surface area contributed by atoms with E-state index in [1.54, 1.807) is 48.0 Å². The Morgan fingerprint density at radius 3 is 1.79 bits per heavy atom. The Balaban J connectivity index is 1.08. The number of aromatic amines is 2. The highest BCUT2D eigenvalue weighted by molar-refractivity contribution is 8.00. The maximum absolute atomic E-state index is 15.6. The normalized spacial score (nSPS) is 25.1. The van der Waals surface area contributed by atoms with Gasteiger partial charge in [0.15, 0.2) is 0 Å². The number of nitrogens with one attached hydrogen (secondary N) is 12. The summed E-state index contributed by atoms with van der Waals surface area (Å²) in [5.41, 5.74) is 19.0. The number of fused-ring (bicyclic) bond motifs is 4. The number of aromatic nitrogens is 3. The van der Waals surface area contributed by atoms with Gasteiger partial charge >= 0.3 is 0 Å². The van der Waals surface area contributed by atoms with Gasteiger partial charge in [0.2, 0.25) is 106 Å². The molecule has 131 heavy (non-hydrogen) atoms. The van der Waals surface area contributed by atoms with Crippen LogP contribution in [-0.2, 0) is 112 Å². The van der Waals surface area contributed by atoms with Crippen molar-refractivity contribution in [2.24, 2.45) is 17.2 Å². The molecule has 3 saturated heterocycles. The number of aliphatic hydroxyl groups is 2. The predicted octanol–water partition coefficient (Wildman–Crippen LogP) is -3.22. The number of H-pyrrole nitrogens is 2. The summed E-state index contributed by atoms with van der Waals surface area (Å²) in [5, 5.41) is 61.7. The zero-order valence-corrected chi connectivity index (χ0v) is 75.5. The number of thioether (sulfide) groups is 1. The molecule has 0 saturated carbocycles. The molecule has 42 nitrogen and oxygen atoms in total. The molecule has 9 rings (SSSR count). The number of hydrogen-bond donors (Lipinski definition) is 18. The minimum absolute atomic E-state index is 0.0109. The average molecular weight is 1860 g/mol. The molecule has 0 unspecified atom stereocenters. The number of amides is 18. The Morgan fingerprint density at radius 1 is 0.550 bits per heavy atom. The number of carbonyl (C=O) groups excluding carboxylic acids is 18. The number of benzene rings is 3. The van der Waals surface area contributed by atoms with Crippen molar-refractivity contribution in [1.29, 1.82) is 0 Å². The van der Waals surface area contributed by atoms with Crippen LogP contribution in [0.2, 0.25) is 0 Å². The average Bonchev–Trinajstić information content (AvgIpc) is 1.62. The van der Waals surface area contributed by atoms with Crippen molar-refractivity contribution in [3.8, 4) is 5.75 Å². The van der Waals surface area contributed by atoms with Crippen LogP contribution in [0.3, 0.4) is 0 Å². The zero-order valence-electron chi connectivity index (χ0n) is 73.9. The second kappa shape index (κ2) is 48.0. The Morgan fingerprint density at radius 2 is 1.14 bits per heavy atom. The Bertz CT molecular complexity index is 5130. The summed E-state index contributed by atoms with van der Waals surface area (Å²) < 4.78 is 0.808. The van der Waals surface area contributed by atoms with Gasteiger partial charge in [0.1, 0.15) is 90.3 Å². The van der Waals surface area contributed by atoms with E-state index in [4.69, 9.17) is 17.2 Å². The Labute approximate surface area is 763 Å². The van der Waals surface area contributed by atoms with Gasteiger partial charge in [0, 0.05) is 112 Å². The number of rotatable bonds is 23. The fourth-order valence-corrected chi connectivity index (χ4v) is 17.7. The Kier molecular flexibility index (Phi) is 37.2. The number of nitrogens with zero attached hydrogens (tertiary/aromatic N) is 6. The lowest BCUT2D eigenvalue weighted by Crippen LogP contribution is -2.61. The summed E-state index contributed by atoms with van der Waals surface area (Å²) in [7, 11) is 3.90. The number of unbranched alkanes of at least 4 members (excludes halogenated alkanes) is 2. The third kappa shape index (κ3) is 27.7. The van der Waals surface area contributed by atoms with Gasteiger partial charge in [-0.1, -0.05) is 88.1 Å². The van der Waals surface area contributed by atoms with E-state index >= 15 is 33.6 Å². The molecular formula is C87H117N21O21S2. The second-order valence-electron chi connectivity index (χ2n) is 32.9. The predicted molar refractivity (Wildman–Crippen MR) is 479 cm³/mol. The van der Waals surface area contributed by atoms with Crippen LogP contribution in [0.1, 0.15) is 127 Å². The first-order valence-corrected chi connectivity index (χ1v) is 45.3. The summed E-state index contributed by atoms with van der Waals surface area (Å²) in [6.45, 7) is 3.70. The van der Waals surface area contributed by atoms with Gasteiger partial charge in [-0.15, -0.1) is 23.1 Å². The molecule has 15 atom stereocenters. The van der Waals surface area contributed by atoms with Gasteiger partial charge in [0.25, 0.3) is 0 Å². The molecule has 3 aliphatic rings. The largest absolute Gasteiger partial charge is 0.508 e. The zero-order chi connectivity index (χ0) is 95.6. The third-order valence-electron chi connectivity index (χ3n) is 23.3. The summed E-state index contributed by atoms with van der Waals surface area (Å²) in [5.74, 6) is -18.5. The number of carbonyl (C=O) groups is 18. The number of primary amides is 3. The highest BCUT2D eigenvalue weighted by atomic mass is 32.2. The molecule has 0 radical (unpaired) electrons. The van der Waals surface area contributed by atoms with Crippen LogP contribution in [0.15, 0.2) is 96.9 Å². The number of imidazole rings is 1. The molecule has 0 aliphatic carbocycles. The van der Waals surface area contributed by atoms with E-state index in [0.717, 1.165) is 41.0 Å². The lowest BCUT2D eigenvalue weighted by molar-refractivity contribution is -0.149. The summed E-state index contributed by atoms with van der Waals surface area (Å²) in [6, 6.07) is -2.53. The van der Waals surface area contributed by atoms with Crippen molar-refractivity contribution in [3.63, 3.8) is 0 Å². The Hall–Kier alpha value is -13.1. The van der Waals surface area contributed by atoms with Crippen molar-refractivity contribution in [2.75, 3.05) is 58.9 Å². The lowest BCUT2D eigenvalue weighted by Gasteiger charge is -2.36. The summed E-state index contributed by atoms with van der Waals surface area (Å²) >= 11 is 2.11. The van der Waals surface area contributed by atoms with E-state index in [-0.39, 0.29) is 69.4 Å².